The molecule has 0 aromatic heterocycles. The second-order valence-corrected chi connectivity index (χ2v) is 8.44. The fourth-order valence-electron chi connectivity index (χ4n) is 4.31. The van der Waals surface area contributed by atoms with Gasteiger partial charge in [0.05, 0.1) is 11.8 Å². The molecule has 4 atom stereocenters. The number of nitrogens with zero attached hydrogens (tertiary/aromatic N) is 1. The van der Waals surface area contributed by atoms with E-state index in [0.29, 0.717) is 6.54 Å². The Kier molecular flexibility index (Phi) is 4.61. The molecule has 1 aliphatic heterocycles. The summed E-state index contributed by atoms with van der Waals surface area (Å²) in [6.45, 7) is 2.40. The molecule has 136 valence electrons. The number of carbonyl (C=O) groups excluding carboxylic acids is 3. The lowest BCUT2D eigenvalue weighted by Crippen LogP contribution is -2.42. The highest BCUT2D eigenvalue weighted by Gasteiger charge is 2.59. The second-order valence-electron chi connectivity index (χ2n) is 7.27. The Morgan fingerprint density at radius 3 is 2.35 bits per heavy atom. The number of fused-ring (bicyclic) bond motifs is 5. The Morgan fingerprint density at radius 2 is 1.73 bits per heavy atom. The summed E-state index contributed by atoms with van der Waals surface area (Å²) in [5, 5.41) is 2.81. The van der Waals surface area contributed by atoms with Crippen LogP contribution in [0.25, 0.3) is 0 Å². The summed E-state index contributed by atoms with van der Waals surface area (Å²) in [5.74, 6) is 0.0416. The molecule has 4 rings (SSSR count). The number of carbonyl (C=O) groups is 3. The minimum absolute atomic E-state index is 0.153. The number of thioether (sulfide) groups is 1. The van der Waals surface area contributed by atoms with Crippen LogP contribution in [-0.2, 0) is 14.4 Å². The first-order valence-corrected chi connectivity index (χ1v) is 10.0. The number of likely N-dealkylation sites (tertiary alicyclic amines) is 1. The average molecular weight is 370 g/mol. The van der Waals surface area contributed by atoms with Crippen LogP contribution < -0.4 is 5.32 Å². The Balaban J connectivity index is 1.24. The molecule has 2 bridgehead atoms. The summed E-state index contributed by atoms with van der Waals surface area (Å²) >= 11 is 1.67. The van der Waals surface area contributed by atoms with E-state index in [-0.39, 0.29) is 47.9 Å². The van der Waals surface area contributed by atoms with E-state index >= 15 is 0 Å². The van der Waals surface area contributed by atoms with Gasteiger partial charge in [0.25, 0.3) is 0 Å². The zero-order valence-electron chi connectivity index (χ0n) is 14.7. The van der Waals surface area contributed by atoms with Crippen LogP contribution in [0.3, 0.4) is 0 Å². The zero-order chi connectivity index (χ0) is 18.3. The van der Waals surface area contributed by atoms with E-state index in [1.807, 2.05) is 6.92 Å². The average Bonchev–Trinajstić information content (AvgIpc) is 3.30. The topological polar surface area (TPSA) is 66.5 Å². The number of benzene rings is 1. The molecule has 26 heavy (non-hydrogen) atoms. The van der Waals surface area contributed by atoms with Crippen molar-refractivity contribution in [1.29, 1.82) is 0 Å². The highest BCUT2D eigenvalue weighted by Crippen LogP contribution is 2.52. The molecule has 0 radical (unpaired) electrons. The highest BCUT2D eigenvalue weighted by molar-refractivity contribution is 7.99. The van der Waals surface area contributed by atoms with Crippen molar-refractivity contribution in [2.75, 3.05) is 18.8 Å². The molecule has 1 aromatic rings. The van der Waals surface area contributed by atoms with Gasteiger partial charge in [-0.2, -0.15) is 0 Å². The maximum Gasteiger partial charge on any atom is 0.240 e. The van der Waals surface area contributed by atoms with Crippen molar-refractivity contribution in [3.8, 4) is 0 Å². The van der Waals surface area contributed by atoms with E-state index in [0.717, 1.165) is 17.1 Å². The molecule has 3 aliphatic rings. The van der Waals surface area contributed by atoms with Crippen molar-refractivity contribution >= 4 is 29.5 Å². The van der Waals surface area contributed by atoms with Crippen LogP contribution in [0.4, 0.5) is 0 Å². The summed E-state index contributed by atoms with van der Waals surface area (Å²) in [7, 11) is 0. The van der Waals surface area contributed by atoms with Gasteiger partial charge < -0.3 is 5.32 Å². The number of amides is 3. The van der Waals surface area contributed by atoms with E-state index in [1.54, 1.807) is 11.8 Å². The van der Waals surface area contributed by atoms with Crippen LogP contribution in [0.1, 0.15) is 12.0 Å². The van der Waals surface area contributed by atoms with E-state index < -0.39 is 0 Å². The van der Waals surface area contributed by atoms with Crippen molar-refractivity contribution in [3.63, 3.8) is 0 Å². The summed E-state index contributed by atoms with van der Waals surface area (Å²) in [4.78, 5) is 39.6. The number of nitrogens with one attached hydrogen (secondary N) is 1. The molecule has 1 N–H and O–H groups in total. The molecule has 2 fully saturated rings. The van der Waals surface area contributed by atoms with Crippen LogP contribution >= 0.6 is 11.8 Å². The number of rotatable bonds is 6. The van der Waals surface area contributed by atoms with Gasteiger partial charge in [0.1, 0.15) is 6.54 Å². The van der Waals surface area contributed by atoms with Crippen molar-refractivity contribution in [2.45, 2.75) is 18.2 Å². The second kappa shape index (κ2) is 6.91. The van der Waals surface area contributed by atoms with Crippen molar-refractivity contribution in [1.82, 2.24) is 10.2 Å². The van der Waals surface area contributed by atoms with Gasteiger partial charge in [-0.15, -0.1) is 11.8 Å². The Labute approximate surface area is 157 Å². The SMILES string of the molecule is Cc1ccc(SCCNC(=O)CN2C(=O)C3C4C=CC(C4)C3C2=O)cc1. The quantitative estimate of drug-likeness (QED) is 0.360. The Hall–Kier alpha value is -2.08. The van der Waals surface area contributed by atoms with Gasteiger partial charge >= 0.3 is 0 Å². The number of imide groups is 1. The van der Waals surface area contributed by atoms with Gasteiger partial charge in [0, 0.05) is 17.2 Å². The largest absolute Gasteiger partial charge is 0.354 e. The van der Waals surface area contributed by atoms with Crippen LogP contribution in [0.15, 0.2) is 41.3 Å². The zero-order valence-corrected chi connectivity index (χ0v) is 15.5. The highest BCUT2D eigenvalue weighted by atomic mass is 32.2. The monoisotopic (exact) mass is 370 g/mol. The smallest absolute Gasteiger partial charge is 0.240 e. The third-order valence-corrected chi connectivity index (χ3v) is 6.59. The number of hydrogen-bond acceptors (Lipinski definition) is 4. The van der Waals surface area contributed by atoms with E-state index in [2.05, 4.69) is 41.7 Å². The normalized spacial score (nSPS) is 28.7. The molecule has 0 spiro atoms. The Morgan fingerprint density at radius 1 is 1.12 bits per heavy atom. The number of hydrogen-bond donors (Lipinski definition) is 1. The van der Waals surface area contributed by atoms with Crippen LogP contribution in [-0.4, -0.2) is 41.5 Å². The first-order chi connectivity index (χ1) is 12.5. The molecule has 6 heteroatoms. The van der Waals surface area contributed by atoms with E-state index in [9.17, 15) is 14.4 Å². The molecule has 1 aromatic carbocycles. The van der Waals surface area contributed by atoms with Crippen molar-refractivity contribution in [3.05, 3.63) is 42.0 Å². The molecule has 1 heterocycles. The molecular formula is C20H22N2O3S. The molecule has 2 aliphatic carbocycles. The third-order valence-electron chi connectivity index (χ3n) is 5.58. The maximum absolute atomic E-state index is 12.6. The fourth-order valence-corrected chi connectivity index (χ4v) is 5.08. The van der Waals surface area contributed by atoms with Gasteiger partial charge in [-0.05, 0) is 37.3 Å². The number of allylic oxidation sites excluding steroid dienone is 2. The molecular weight excluding hydrogens is 348 g/mol. The predicted octanol–water partition coefficient (Wildman–Crippen LogP) is 2.01. The van der Waals surface area contributed by atoms with Gasteiger partial charge in [0.2, 0.25) is 17.7 Å². The van der Waals surface area contributed by atoms with Gasteiger partial charge in [-0.3, -0.25) is 19.3 Å². The summed E-state index contributed by atoms with van der Waals surface area (Å²) in [6.07, 6.45) is 5.02. The summed E-state index contributed by atoms with van der Waals surface area (Å²) < 4.78 is 0. The minimum atomic E-state index is -0.267. The first kappa shape index (κ1) is 17.3. The molecule has 5 nitrogen and oxygen atoms in total. The first-order valence-electron chi connectivity index (χ1n) is 9.04. The summed E-state index contributed by atoms with van der Waals surface area (Å²) in [5.41, 5.74) is 1.22. The van der Waals surface area contributed by atoms with Crippen LogP contribution in [0.5, 0.6) is 0 Å². The summed E-state index contributed by atoms with van der Waals surface area (Å²) in [6, 6.07) is 8.24. The Bertz CT molecular complexity index is 744. The lowest BCUT2D eigenvalue weighted by molar-refractivity contribution is -0.144. The third kappa shape index (κ3) is 3.07. The van der Waals surface area contributed by atoms with Crippen LogP contribution in [0.2, 0.25) is 0 Å². The fraction of sp³-hybridized carbons (Fsp3) is 0.450. The van der Waals surface area contributed by atoms with Crippen LogP contribution in [0, 0.1) is 30.6 Å². The van der Waals surface area contributed by atoms with Gasteiger partial charge in [0.15, 0.2) is 0 Å². The number of aryl methyl sites for hydroxylation is 1. The lowest BCUT2D eigenvalue weighted by atomic mass is 9.85. The molecule has 4 unspecified atom stereocenters. The van der Waals surface area contributed by atoms with Gasteiger partial charge in [-0.1, -0.05) is 29.8 Å². The van der Waals surface area contributed by atoms with Crippen molar-refractivity contribution < 1.29 is 14.4 Å². The van der Waals surface area contributed by atoms with E-state index in [4.69, 9.17) is 0 Å². The molecule has 3 amide bonds. The van der Waals surface area contributed by atoms with Gasteiger partial charge in [-0.25, -0.2) is 0 Å². The maximum atomic E-state index is 12.6. The minimum Gasteiger partial charge on any atom is -0.354 e. The van der Waals surface area contributed by atoms with E-state index in [1.165, 1.54) is 10.5 Å². The predicted molar refractivity (Wildman–Crippen MR) is 99.3 cm³/mol. The standard InChI is InChI=1S/C20H22N2O3S/c1-12-2-6-15(7-3-12)26-9-8-21-16(23)11-22-19(24)17-13-4-5-14(10-13)18(17)20(22)25/h2-7,13-14,17-18H,8-11H2,1H3,(H,21,23). The molecule has 1 saturated carbocycles. The molecule has 1 saturated heterocycles. The lowest BCUT2D eigenvalue weighted by Gasteiger charge is -2.16. The van der Waals surface area contributed by atoms with Crippen molar-refractivity contribution in [2.24, 2.45) is 23.7 Å².